The Hall–Kier alpha value is -1.55. The van der Waals surface area contributed by atoms with E-state index in [0.717, 1.165) is 19.0 Å². The Balaban J connectivity index is 1.30. The molecule has 0 radical (unpaired) electrons. The minimum Gasteiger partial charge on any atom is -0.355 e. The van der Waals surface area contributed by atoms with E-state index in [0.29, 0.717) is 11.5 Å². The van der Waals surface area contributed by atoms with Crippen LogP contribution in [0.1, 0.15) is 44.1 Å². The minimum atomic E-state index is 0.622. The van der Waals surface area contributed by atoms with Crippen molar-refractivity contribution in [3.05, 3.63) is 35.9 Å². The Morgan fingerprint density at radius 3 is 2.68 bits per heavy atom. The van der Waals surface area contributed by atoms with Crippen LogP contribution in [0.4, 0.5) is 0 Å². The van der Waals surface area contributed by atoms with Gasteiger partial charge in [0.1, 0.15) is 0 Å². The van der Waals surface area contributed by atoms with Crippen molar-refractivity contribution >= 4 is 5.96 Å². The molecule has 3 fully saturated rings. The van der Waals surface area contributed by atoms with E-state index in [2.05, 4.69) is 50.4 Å². The van der Waals surface area contributed by atoms with Gasteiger partial charge < -0.3 is 10.2 Å². The van der Waals surface area contributed by atoms with E-state index in [4.69, 9.17) is 0 Å². The molecule has 1 spiro atoms. The Labute approximate surface area is 152 Å². The summed E-state index contributed by atoms with van der Waals surface area (Å²) in [6, 6.07) is 11.5. The van der Waals surface area contributed by atoms with Gasteiger partial charge in [-0.05, 0) is 49.6 Å². The van der Waals surface area contributed by atoms with Crippen LogP contribution < -0.4 is 5.32 Å². The maximum absolute atomic E-state index is 4.58. The standard InChI is InChI=1S/C21H32N4/c1-22-20(25-14-12-21(17-25)10-6-11-21)23-15-19-9-5-13-24(19)16-18-7-3-2-4-8-18/h2-4,7-8,19H,5-6,9-17H2,1H3,(H,22,23). The van der Waals surface area contributed by atoms with Gasteiger partial charge in [0, 0.05) is 39.3 Å². The summed E-state index contributed by atoms with van der Waals surface area (Å²) in [6.45, 7) is 5.69. The van der Waals surface area contributed by atoms with Crippen LogP contribution in [-0.4, -0.2) is 55.0 Å². The third kappa shape index (κ3) is 3.69. The predicted molar refractivity (Wildman–Crippen MR) is 104 cm³/mol. The first kappa shape index (κ1) is 16.9. The predicted octanol–water partition coefficient (Wildman–Crippen LogP) is 3.10. The Morgan fingerprint density at radius 2 is 2.00 bits per heavy atom. The molecule has 1 aliphatic carbocycles. The molecule has 2 saturated heterocycles. The summed E-state index contributed by atoms with van der Waals surface area (Å²) in [5.41, 5.74) is 2.05. The normalized spacial score (nSPS) is 26.2. The van der Waals surface area contributed by atoms with Crippen LogP contribution in [0.3, 0.4) is 0 Å². The molecule has 1 aromatic rings. The Kier molecular flexibility index (Phi) is 4.98. The van der Waals surface area contributed by atoms with Gasteiger partial charge in [-0.25, -0.2) is 0 Å². The van der Waals surface area contributed by atoms with Gasteiger partial charge in [-0.1, -0.05) is 36.8 Å². The van der Waals surface area contributed by atoms with E-state index in [1.165, 1.54) is 63.7 Å². The summed E-state index contributed by atoms with van der Waals surface area (Å²) in [5.74, 6) is 1.12. The largest absolute Gasteiger partial charge is 0.355 e. The molecule has 2 heterocycles. The fourth-order valence-electron chi connectivity index (χ4n) is 4.89. The molecule has 1 atom stereocenters. The topological polar surface area (TPSA) is 30.9 Å². The number of hydrogen-bond acceptors (Lipinski definition) is 2. The molecule has 1 N–H and O–H groups in total. The number of benzene rings is 1. The smallest absolute Gasteiger partial charge is 0.193 e. The molecule has 2 aliphatic heterocycles. The van der Waals surface area contributed by atoms with E-state index in [1.807, 2.05) is 7.05 Å². The number of hydrogen-bond donors (Lipinski definition) is 1. The lowest BCUT2D eigenvalue weighted by molar-refractivity contribution is 0.151. The van der Waals surface area contributed by atoms with Crippen LogP contribution in [0.15, 0.2) is 35.3 Å². The zero-order chi connectivity index (χ0) is 17.1. The number of guanidine groups is 1. The molecule has 1 aromatic carbocycles. The lowest BCUT2D eigenvalue weighted by Crippen LogP contribution is -2.47. The van der Waals surface area contributed by atoms with Crippen LogP contribution in [0.2, 0.25) is 0 Å². The SMILES string of the molecule is CN=C(NCC1CCCN1Cc1ccccc1)N1CCC2(CCC2)C1. The molecule has 0 bridgehead atoms. The number of nitrogens with one attached hydrogen (secondary N) is 1. The van der Waals surface area contributed by atoms with Gasteiger partial charge in [0.15, 0.2) is 5.96 Å². The number of rotatable bonds is 4. The van der Waals surface area contributed by atoms with Crippen molar-refractivity contribution < 1.29 is 0 Å². The first-order valence-corrected chi connectivity index (χ1v) is 10.0. The van der Waals surface area contributed by atoms with Crippen molar-refractivity contribution in [2.75, 3.05) is 33.2 Å². The zero-order valence-electron chi connectivity index (χ0n) is 15.6. The lowest BCUT2D eigenvalue weighted by Gasteiger charge is -2.38. The first-order chi connectivity index (χ1) is 12.3. The molecule has 1 unspecified atom stereocenters. The third-order valence-corrected chi connectivity index (χ3v) is 6.59. The van der Waals surface area contributed by atoms with Gasteiger partial charge in [0.25, 0.3) is 0 Å². The second kappa shape index (κ2) is 7.36. The second-order valence-corrected chi connectivity index (χ2v) is 8.21. The van der Waals surface area contributed by atoms with E-state index in [1.54, 1.807) is 0 Å². The molecular weight excluding hydrogens is 308 g/mol. The van der Waals surface area contributed by atoms with Crippen molar-refractivity contribution in [2.24, 2.45) is 10.4 Å². The average Bonchev–Trinajstić information content (AvgIpc) is 3.24. The number of aliphatic imine (C=N–C) groups is 1. The fourth-order valence-corrected chi connectivity index (χ4v) is 4.89. The van der Waals surface area contributed by atoms with Crippen LogP contribution >= 0.6 is 0 Å². The van der Waals surface area contributed by atoms with Gasteiger partial charge in [-0.3, -0.25) is 9.89 Å². The van der Waals surface area contributed by atoms with Crippen molar-refractivity contribution in [2.45, 2.75) is 51.1 Å². The Bertz CT molecular complexity index is 593. The molecule has 4 nitrogen and oxygen atoms in total. The molecule has 136 valence electrons. The van der Waals surface area contributed by atoms with Gasteiger partial charge >= 0.3 is 0 Å². The first-order valence-electron chi connectivity index (χ1n) is 10.0. The van der Waals surface area contributed by atoms with Crippen molar-refractivity contribution in [1.29, 1.82) is 0 Å². The Morgan fingerprint density at radius 1 is 1.16 bits per heavy atom. The summed E-state index contributed by atoms with van der Waals surface area (Å²) in [5, 5.41) is 3.69. The highest BCUT2D eigenvalue weighted by molar-refractivity contribution is 5.80. The van der Waals surface area contributed by atoms with E-state index in [-0.39, 0.29) is 0 Å². The molecule has 4 heteroatoms. The van der Waals surface area contributed by atoms with Crippen molar-refractivity contribution in [3.63, 3.8) is 0 Å². The quantitative estimate of drug-likeness (QED) is 0.675. The molecular formula is C21H32N4. The highest BCUT2D eigenvalue weighted by Crippen LogP contribution is 2.47. The average molecular weight is 341 g/mol. The molecule has 4 rings (SSSR count). The summed E-state index contributed by atoms with van der Waals surface area (Å²) in [7, 11) is 1.94. The molecule has 0 aromatic heterocycles. The second-order valence-electron chi connectivity index (χ2n) is 8.21. The monoisotopic (exact) mass is 340 g/mol. The minimum absolute atomic E-state index is 0.622. The highest BCUT2D eigenvalue weighted by atomic mass is 15.3. The highest BCUT2D eigenvalue weighted by Gasteiger charge is 2.43. The summed E-state index contributed by atoms with van der Waals surface area (Å²) >= 11 is 0. The molecule has 3 aliphatic rings. The van der Waals surface area contributed by atoms with Gasteiger partial charge in [0.05, 0.1) is 0 Å². The summed E-state index contributed by atoms with van der Waals surface area (Å²) in [4.78, 5) is 9.70. The number of nitrogens with zero attached hydrogens (tertiary/aromatic N) is 3. The lowest BCUT2D eigenvalue weighted by atomic mass is 9.68. The third-order valence-electron chi connectivity index (χ3n) is 6.59. The van der Waals surface area contributed by atoms with Crippen LogP contribution in [0.5, 0.6) is 0 Å². The summed E-state index contributed by atoms with van der Waals surface area (Å²) < 4.78 is 0. The fraction of sp³-hybridized carbons (Fsp3) is 0.667. The summed E-state index contributed by atoms with van der Waals surface area (Å²) in [6.07, 6.45) is 8.24. The molecule has 25 heavy (non-hydrogen) atoms. The van der Waals surface area contributed by atoms with Crippen LogP contribution in [0.25, 0.3) is 0 Å². The van der Waals surface area contributed by atoms with E-state index >= 15 is 0 Å². The van der Waals surface area contributed by atoms with Gasteiger partial charge in [0.2, 0.25) is 0 Å². The number of likely N-dealkylation sites (tertiary alicyclic amines) is 2. The van der Waals surface area contributed by atoms with Crippen molar-refractivity contribution in [1.82, 2.24) is 15.1 Å². The van der Waals surface area contributed by atoms with E-state index in [9.17, 15) is 0 Å². The van der Waals surface area contributed by atoms with Crippen LogP contribution in [-0.2, 0) is 6.54 Å². The van der Waals surface area contributed by atoms with Gasteiger partial charge in [-0.2, -0.15) is 0 Å². The zero-order valence-corrected chi connectivity index (χ0v) is 15.6. The van der Waals surface area contributed by atoms with Gasteiger partial charge in [-0.15, -0.1) is 0 Å². The molecule has 1 saturated carbocycles. The maximum atomic E-state index is 4.58. The van der Waals surface area contributed by atoms with E-state index < -0.39 is 0 Å². The van der Waals surface area contributed by atoms with Crippen LogP contribution in [0, 0.1) is 5.41 Å². The van der Waals surface area contributed by atoms with Crippen molar-refractivity contribution in [3.8, 4) is 0 Å². The maximum Gasteiger partial charge on any atom is 0.193 e. The molecule has 0 amide bonds.